The van der Waals surface area contributed by atoms with Crippen molar-refractivity contribution in [3.8, 4) is 17.2 Å². The van der Waals surface area contributed by atoms with Gasteiger partial charge in [0, 0.05) is 26.9 Å². The molecule has 0 fully saturated rings. The van der Waals surface area contributed by atoms with Gasteiger partial charge in [-0.25, -0.2) is 0 Å². The molecule has 2 rings (SSSR count). The number of allylic oxidation sites excluding steroid dienone is 3. The maximum atomic E-state index is 13.1. The van der Waals surface area contributed by atoms with E-state index in [0.717, 1.165) is 16.7 Å². The largest absolute Gasteiger partial charge is 0.468 e. The van der Waals surface area contributed by atoms with Gasteiger partial charge in [0.15, 0.2) is 26.2 Å². The van der Waals surface area contributed by atoms with Gasteiger partial charge in [-0.1, -0.05) is 29.9 Å². The fourth-order valence-electron chi connectivity index (χ4n) is 2.91. The van der Waals surface area contributed by atoms with Crippen molar-refractivity contribution >= 4 is 11.9 Å². The average Bonchev–Trinajstić information content (AvgIpc) is 2.82. The van der Waals surface area contributed by atoms with E-state index in [4.69, 9.17) is 28.4 Å². The SMILES string of the molecule is COCOc1ccc(/C=C/C(=O)c2ccc(OCOC)c(CC=C(C)C)c2OCOC)cc1. The normalized spacial score (nSPS) is 10.8. The second-order valence-corrected chi connectivity index (χ2v) is 7.32. The summed E-state index contributed by atoms with van der Waals surface area (Å²) < 4.78 is 32.0. The number of carbonyl (C=O) groups excluding carboxylic acids is 1. The number of hydrogen-bond donors (Lipinski definition) is 0. The Balaban J connectivity index is 2.35. The van der Waals surface area contributed by atoms with Gasteiger partial charge in [-0.2, -0.15) is 0 Å². The van der Waals surface area contributed by atoms with Gasteiger partial charge in [0.1, 0.15) is 17.2 Å². The number of ether oxygens (including phenoxy) is 6. The van der Waals surface area contributed by atoms with Crippen LogP contribution in [0.2, 0.25) is 0 Å². The zero-order chi connectivity index (χ0) is 24.1. The van der Waals surface area contributed by atoms with Crippen molar-refractivity contribution in [2.75, 3.05) is 41.7 Å². The van der Waals surface area contributed by atoms with Crippen LogP contribution < -0.4 is 14.2 Å². The third-order valence-electron chi connectivity index (χ3n) is 4.50. The summed E-state index contributed by atoms with van der Waals surface area (Å²) in [5.41, 5.74) is 3.17. The standard InChI is InChI=1S/C26H32O7/c1-19(2)6-12-23-25(32-17-29-4)15-13-22(26(23)33-18-30-5)24(27)14-9-20-7-10-21(11-8-20)31-16-28-3/h6-11,13-15H,12,16-18H2,1-5H3/b14-9+. The van der Waals surface area contributed by atoms with Gasteiger partial charge < -0.3 is 28.4 Å². The minimum Gasteiger partial charge on any atom is -0.468 e. The number of methoxy groups -OCH3 is 3. The Morgan fingerprint density at radius 3 is 2.09 bits per heavy atom. The second kappa shape index (κ2) is 14.1. The van der Waals surface area contributed by atoms with E-state index in [-0.39, 0.29) is 26.2 Å². The van der Waals surface area contributed by atoms with E-state index in [2.05, 4.69) is 0 Å². The molecule has 0 N–H and O–H groups in total. The Labute approximate surface area is 195 Å². The molecular weight excluding hydrogens is 424 g/mol. The van der Waals surface area contributed by atoms with Crippen LogP contribution in [-0.2, 0) is 20.6 Å². The van der Waals surface area contributed by atoms with Gasteiger partial charge in [-0.15, -0.1) is 0 Å². The van der Waals surface area contributed by atoms with Crippen LogP contribution in [0.4, 0.5) is 0 Å². The Kier molecular flexibility index (Phi) is 11.2. The number of rotatable bonds is 14. The molecule has 0 radical (unpaired) electrons. The van der Waals surface area contributed by atoms with E-state index in [1.54, 1.807) is 32.4 Å². The summed E-state index contributed by atoms with van der Waals surface area (Å²) in [5, 5.41) is 0. The number of benzene rings is 2. The fourth-order valence-corrected chi connectivity index (χ4v) is 2.91. The van der Waals surface area contributed by atoms with Crippen LogP contribution >= 0.6 is 0 Å². The monoisotopic (exact) mass is 456 g/mol. The Morgan fingerprint density at radius 1 is 0.818 bits per heavy atom. The van der Waals surface area contributed by atoms with Crippen molar-refractivity contribution in [2.24, 2.45) is 0 Å². The lowest BCUT2D eigenvalue weighted by Gasteiger charge is -2.17. The van der Waals surface area contributed by atoms with Crippen LogP contribution in [0, 0.1) is 0 Å². The topological polar surface area (TPSA) is 72.5 Å². The lowest BCUT2D eigenvalue weighted by Crippen LogP contribution is -2.10. The van der Waals surface area contributed by atoms with Crippen LogP contribution in [-0.4, -0.2) is 47.5 Å². The zero-order valence-corrected chi connectivity index (χ0v) is 19.9. The molecule has 0 atom stereocenters. The molecule has 0 aliphatic rings. The van der Waals surface area contributed by atoms with Gasteiger partial charge in [0.25, 0.3) is 0 Å². The van der Waals surface area contributed by atoms with Gasteiger partial charge in [-0.3, -0.25) is 4.79 Å². The molecule has 2 aromatic rings. The molecular formula is C26H32O7. The average molecular weight is 457 g/mol. The molecule has 0 unspecified atom stereocenters. The maximum Gasteiger partial charge on any atom is 0.189 e. The quantitative estimate of drug-likeness (QED) is 0.171. The molecule has 178 valence electrons. The van der Waals surface area contributed by atoms with Crippen LogP contribution in [0.3, 0.4) is 0 Å². The van der Waals surface area contributed by atoms with Crippen molar-refractivity contribution in [3.63, 3.8) is 0 Å². The van der Waals surface area contributed by atoms with E-state index in [1.807, 2.05) is 44.2 Å². The molecule has 0 amide bonds. The van der Waals surface area contributed by atoms with E-state index >= 15 is 0 Å². The molecule has 2 aromatic carbocycles. The van der Waals surface area contributed by atoms with E-state index in [0.29, 0.717) is 29.2 Å². The smallest absolute Gasteiger partial charge is 0.189 e. The molecule has 0 bridgehead atoms. The minimum absolute atomic E-state index is 0.00246. The lowest BCUT2D eigenvalue weighted by atomic mass is 10.00. The summed E-state index contributed by atoms with van der Waals surface area (Å²) in [6.45, 7) is 4.28. The number of ketones is 1. The van der Waals surface area contributed by atoms with Crippen LogP contribution in [0.15, 0.2) is 54.1 Å². The molecule has 0 spiro atoms. The van der Waals surface area contributed by atoms with Gasteiger partial charge in [0.2, 0.25) is 0 Å². The second-order valence-electron chi connectivity index (χ2n) is 7.32. The molecule has 0 aliphatic heterocycles. The highest BCUT2D eigenvalue weighted by Crippen LogP contribution is 2.34. The molecule has 7 heteroatoms. The van der Waals surface area contributed by atoms with Crippen molar-refractivity contribution in [3.05, 3.63) is 70.8 Å². The maximum absolute atomic E-state index is 13.1. The van der Waals surface area contributed by atoms with E-state index in [1.165, 1.54) is 13.2 Å². The van der Waals surface area contributed by atoms with Crippen molar-refractivity contribution in [1.29, 1.82) is 0 Å². The van der Waals surface area contributed by atoms with Crippen molar-refractivity contribution < 1.29 is 33.2 Å². The molecule has 0 aromatic heterocycles. The number of hydrogen-bond acceptors (Lipinski definition) is 7. The summed E-state index contributed by atoms with van der Waals surface area (Å²) in [6.07, 6.45) is 5.84. The van der Waals surface area contributed by atoms with Gasteiger partial charge in [0.05, 0.1) is 5.56 Å². The highest BCUT2D eigenvalue weighted by Gasteiger charge is 2.19. The Morgan fingerprint density at radius 2 is 1.45 bits per heavy atom. The van der Waals surface area contributed by atoms with Gasteiger partial charge >= 0.3 is 0 Å². The Bertz CT molecular complexity index is 942. The van der Waals surface area contributed by atoms with Crippen molar-refractivity contribution in [1.82, 2.24) is 0 Å². The summed E-state index contributed by atoms with van der Waals surface area (Å²) in [7, 11) is 4.65. The minimum atomic E-state index is -0.197. The van der Waals surface area contributed by atoms with Gasteiger partial charge in [-0.05, 0) is 56.2 Å². The summed E-state index contributed by atoms with van der Waals surface area (Å²) in [5.74, 6) is 1.51. The van der Waals surface area contributed by atoms with Crippen molar-refractivity contribution in [2.45, 2.75) is 20.3 Å². The highest BCUT2D eigenvalue weighted by atomic mass is 16.7. The summed E-state index contributed by atoms with van der Waals surface area (Å²) in [4.78, 5) is 13.1. The first-order valence-electron chi connectivity index (χ1n) is 10.5. The van der Waals surface area contributed by atoms with Crippen LogP contribution in [0.5, 0.6) is 17.2 Å². The zero-order valence-electron chi connectivity index (χ0n) is 19.9. The third-order valence-corrected chi connectivity index (χ3v) is 4.50. The predicted molar refractivity (Wildman–Crippen MR) is 127 cm³/mol. The first kappa shape index (κ1) is 26.1. The molecule has 0 saturated heterocycles. The molecule has 33 heavy (non-hydrogen) atoms. The fraction of sp³-hybridized carbons (Fsp3) is 0.346. The molecule has 0 aliphatic carbocycles. The van der Waals surface area contributed by atoms with Crippen LogP contribution in [0.1, 0.15) is 35.3 Å². The third kappa shape index (κ3) is 8.38. The summed E-state index contributed by atoms with van der Waals surface area (Å²) in [6, 6.07) is 10.8. The van der Waals surface area contributed by atoms with Crippen LogP contribution in [0.25, 0.3) is 6.08 Å². The summed E-state index contributed by atoms with van der Waals surface area (Å²) >= 11 is 0. The first-order valence-corrected chi connectivity index (χ1v) is 10.5. The van der Waals surface area contributed by atoms with E-state index in [9.17, 15) is 4.79 Å². The molecule has 7 nitrogen and oxygen atoms in total. The first-order chi connectivity index (χ1) is 16.0. The van der Waals surface area contributed by atoms with E-state index < -0.39 is 0 Å². The Hall–Kier alpha value is -3.13. The lowest BCUT2D eigenvalue weighted by molar-refractivity contribution is 0.0444. The molecule has 0 heterocycles. The predicted octanol–water partition coefficient (Wildman–Crippen LogP) is 5.04. The highest BCUT2D eigenvalue weighted by molar-refractivity contribution is 6.09. The number of carbonyl (C=O) groups is 1. The molecule has 0 saturated carbocycles.